The number of aliphatic hydroxyl groups excluding tert-OH is 1. The van der Waals surface area contributed by atoms with Crippen LogP contribution >= 0.6 is 0 Å². The Bertz CT molecular complexity index is 600. The summed E-state index contributed by atoms with van der Waals surface area (Å²) in [6.45, 7) is -0.425. The molecule has 0 saturated carbocycles. The first-order valence-electron chi connectivity index (χ1n) is 5.65. The van der Waals surface area contributed by atoms with Gasteiger partial charge in [-0.3, -0.25) is 4.79 Å². The number of hydrogen-bond donors (Lipinski definition) is 1. The standard InChI is InChI=1S/C15H12O2/c16-9-15(17)11-5-6-14-12(8-11)7-10-3-1-2-4-13(10)14/h1-6,8,16H,7,9H2. The Morgan fingerprint density at radius 2 is 1.82 bits per heavy atom. The molecule has 0 heterocycles. The van der Waals surface area contributed by atoms with Gasteiger partial charge >= 0.3 is 0 Å². The van der Waals surface area contributed by atoms with E-state index in [0.29, 0.717) is 5.56 Å². The van der Waals surface area contributed by atoms with Crippen molar-refractivity contribution in [2.24, 2.45) is 0 Å². The highest BCUT2D eigenvalue weighted by Gasteiger charge is 2.18. The summed E-state index contributed by atoms with van der Waals surface area (Å²) in [5.41, 5.74) is 5.53. The van der Waals surface area contributed by atoms with Crippen molar-refractivity contribution in [1.29, 1.82) is 0 Å². The van der Waals surface area contributed by atoms with Crippen molar-refractivity contribution in [1.82, 2.24) is 0 Å². The Morgan fingerprint density at radius 3 is 2.65 bits per heavy atom. The molecule has 0 aromatic heterocycles. The minimum absolute atomic E-state index is 0.219. The minimum atomic E-state index is -0.425. The highest BCUT2D eigenvalue weighted by atomic mass is 16.3. The molecular formula is C15H12O2. The molecule has 2 heteroatoms. The van der Waals surface area contributed by atoms with Gasteiger partial charge in [0.2, 0.25) is 0 Å². The molecule has 0 fully saturated rings. The maximum Gasteiger partial charge on any atom is 0.188 e. The molecule has 3 rings (SSSR count). The normalized spacial score (nSPS) is 12.1. The molecule has 1 N–H and O–H groups in total. The van der Waals surface area contributed by atoms with E-state index in [2.05, 4.69) is 12.1 Å². The van der Waals surface area contributed by atoms with Crippen LogP contribution in [0, 0.1) is 0 Å². The Hall–Kier alpha value is -1.93. The first-order valence-corrected chi connectivity index (χ1v) is 5.65. The number of fused-ring (bicyclic) bond motifs is 3. The number of Topliss-reactive ketones (excluding diaryl/α,β-unsaturated/α-hetero) is 1. The molecule has 2 aromatic rings. The van der Waals surface area contributed by atoms with E-state index in [1.54, 1.807) is 6.07 Å². The summed E-state index contributed by atoms with van der Waals surface area (Å²) >= 11 is 0. The lowest BCUT2D eigenvalue weighted by Crippen LogP contribution is -2.04. The van der Waals surface area contributed by atoms with Gasteiger partial charge in [0.05, 0.1) is 0 Å². The second kappa shape index (κ2) is 3.82. The Labute approximate surface area is 99.5 Å². The molecule has 0 radical (unpaired) electrons. The second-order valence-electron chi connectivity index (χ2n) is 4.29. The van der Waals surface area contributed by atoms with Crippen molar-refractivity contribution in [2.45, 2.75) is 6.42 Å². The number of ketones is 1. The van der Waals surface area contributed by atoms with Crippen molar-refractivity contribution in [2.75, 3.05) is 6.61 Å². The van der Waals surface area contributed by atoms with E-state index < -0.39 is 6.61 Å². The minimum Gasteiger partial charge on any atom is -0.388 e. The molecule has 84 valence electrons. The van der Waals surface area contributed by atoms with Crippen molar-refractivity contribution >= 4 is 5.78 Å². The molecule has 0 saturated heterocycles. The van der Waals surface area contributed by atoms with Crippen LogP contribution < -0.4 is 0 Å². The van der Waals surface area contributed by atoms with Gasteiger partial charge in [-0.05, 0) is 34.7 Å². The number of aliphatic hydroxyl groups is 1. The van der Waals surface area contributed by atoms with E-state index in [0.717, 1.165) is 6.42 Å². The summed E-state index contributed by atoms with van der Waals surface area (Å²) in [7, 11) is 0. The summed E-state index contributed by atoms with van der Waals surface area (Å²) in [5.74, 6) is -0.219. The van der Waals surface area contributed by atoms with E-state index in [1.807, 2.05) is 24.3 Å². The van der Waals surface area contributed by atoms with Gasteiger partial charge in [-0.1, -0.05) is 36.4 Å². The van der Waals surface area contributed by atoms with Crippen LogP contribution in [0.25, 0.3) is 11.1 Å². The van der Waals surface area contributed by atoms with E-state index in [-0.39, 0.29) is 5.78 Å². The van der Waals surface area contributed by atoms with E-state index in [4.69, 9.17) is 5.11 Å². The zero-order valence-electron chi connectivity index (χ0n) is 9.31. The predicted octanol–water partition coefficient (Wildman–Crippen LogP) is 2.43. The molecule has 0 amide bonds. The Kier molecular flexibility index (Phi) is 2.30. The molecule has 17 heavy (non-hydrogen) atoms. The fourth-order valence-corrected chi connectivity index (χ4v) is 2.41. The van der Waals surface area contributed by atoms with Gasteiger partial charge < -0.3 is 5.11 Å². The smallest absolute Gasteiger partial charge is 0.188 e. The van der Waals surface area contributed by atoms with Gasteiger partial charge in [-0.15, -0.1) is 0 Å². The molecule has 0 atom stereocenters. The van der Waals surface area contributed by atoms with Gasteiger partial charge in [0, 0.05) is 5.56 Å². The molecule has 2 nitrogen and oxygen atoms in total. The first kappa shape index (κ1) is 10.2. The lowest BCUT2D eigenvalue weighted by molar-refractivity contribution is 0.0903. The summed E-state index contributed by atoms with van der Waals surface area (Å²) in [6, 6.07) is 13.9. The van der Waals surface area contributed by atoms with Crippen LogP contribution in [0.15, 0.2) is 42.5 Å². The van der Waals surface area contributed by atoms with Gasteiger partial charge in [0.25, 0.3) is 0 Å². The van der Waals surface area contributed by atoms with Gasteiger partial charge in [0.15, 0.2) is 5.78 Å². The van der Waals surface area contributed by atoms with Gasteiger partial charge in [-0.25, -0.2) is 0 Å². The van der Waals surface area contributed by atoms with E-state index in [9.17, 15) is 4.79 Å². The van der Waals surface area contributed by atoms with E-state index >= 15 is 0 Å². The van der Waals surface area contributed by atoms with Crippen molar-refractivity contribution < 1.29 is 9.90 Å². The maximum absolute atomic E-state index is 11.4. The molecule has 0 aliphatic heterocycles. The van der Waals surface area contributed by atoms with Crippen LogP contribution in [-0.2, 0) is 6.42 Å². The quantitative estimate of drug-likeness (QED) is 0.679. The van der Waals surface area contributed by atoms with Crippen LogP contribution in [0.2, 0.25) is 0 Å². The lowest BCUT2D eigenvalue weighted by atomic mass is 10.0. The van der Waals surface area contributed by atoms with Crippen LogP contribution in [-0.4, -0.2) is 17.5 Å². The van der Waals surface area contributed by atoms with Crippen molar-refractivity contribution in [3.8, 4) is 11.1 Å². The lowest BCUT2D eigenvalue weighted by Gasteiger charge is -2.03. The van der Waals surface area contributed by atoms with E-state index in [1.165, 1.54) is 22.3 Å². The molecule has 2 aromatic carbocycles. The summed E-state index contributed by atoms with van der Waals surface area (Å²) in [4.78, 5) is 11.4. The highest BCUT2D eigenvalue weighted by molar-refractivity contribution is 5.98. The molecule has 0 unspecified atom stereocenters. The second-order valence-corrected chi connectivity index (χ2v) is 4.29. The third-order valence-corrected chi connectivity index (χ3v) is 3.26. The number of carbonyl (C=O) groups excluding carboxylic acids is 1. The Morgan fingerprint density at radius 1 is 1.06 bits per heavy atom. The van der Waals surface area contributed by atoms with Crippen LogP contribution in [0.5, 0.6) is 0 Å². The van der Waals surface area contributed by atoms with Crippen LogP contribution in [0.3, 0.4) is 0 Å². The predicted molar refractivity (Wildman–Crippen MR) is 66.1 cm³/mol. The largest absolute Gasteiger partial charge is 0.388 e. The number of benzene rings is 2. The maximum atomic E-state index is 11.4. The molecule has 1 aliphatic rings. The van der Waals surface area contributed by atoms with Crippen LogP contribution in [0.1, 0.15) is 21.5 Å². The zero-order valence-corrected chi connectivity index (χ0v) is 9.31. The fraction of sp³-hybridized carbons (Fsp3) is 0.133. The molecule has 1 aliphatic carbocycles. The Balaban J connectivity index is 2.10. The third-order valence-electron chi connectivity index (χ3n) is 3.26. The molecular weight excluding hydrogens is 212 g/mol. The molecule has 0 spiro atoms. The summed E-state index contributed by atoms with van der Waals surface area (Å²) in [5, 5.41) is 8.86. The first-order chi connectivity index (χ1) is 8.29. The van der Waals surface area contributed by atoms with Crippen molar-refractivity contribution in [3.63, 3.8) is 0 Å². The van der Waals surface area contributed by atoms with Gasteiger partial charge in [-0.2, -0.15) is 0 Å². The third kappa shape index (κ3) is 1.58. The number of carbonyl (C=O) groups is 1. The average molecular weight is 224 g/mol. The number of rotatable bonds is 2. The molecule has 0 bridgehead atoms. The summed E-state index contributed by atoms with van der Waals surface area (Å²) < 4.78 is 0. The summed E-state index contributed by atoms with van der Waals surface area (Å²) in [6.07, 6.45) is 0.873. The fourth-order valence-electron chi connectivity index (χ4n) is 2.41. The zero-order chi connectivity index (χ0) is 11.8. The SMILES string of the molecule is O=C(CO)c1ccc2c(c1)Cc1ccccc1-2. The monoisotopic (exact) mass is 224 g/mol. The average Bonchev–Trinajstić information content (AvgIpc) is 2.75. The van der Waals surface area contributed by atoms with Crippen LogP contribution in [0.4, 0.5) is 0 Å². The van der Waals surface area contributed by atoms with Gasteiger partial charge in [0.1, 0.15) is 6.61 Å². The van der Waals surface area contributed by atoms with Crippen molar-refractivity contribution in [3.05, 3.63) is 59.2 Å². The highest BCUT2D eigenvalue weighted by Crippen LogP contribution is 2.36. The topological polar surface area (TPSA) is 37.3 Å². The number of hydrogen-bond acceptors (Lipinski definition) is 2.